The fourth-order valence-corrected chi connectivity index (χ4v) is 5.76. The van der Waals surface area contributed by atoms with Gasteiger partial charge in [0, 0.05) is 57.6 Å². The Hall–Kier alpha value is -4.40. The molecule has 5 rings (SSSR count). The van der Waals surface area contributed by atoms with E-state index in [9.17, 15) is 14.4 Å². The number of benzene rings is 1. The van der Waals surface area contributed by atoms with Crippen LogP contribution in [0.25, 0.3) is 0 Å². The van der Waals surface area contributed by atoms with E-state index in [0.717, 1.165) is 23.4 Å². The molecule has 1 aromatic carbocycles. The number of hydrogen-bond acceptors (Lipinski definition) is 10. The zero-order chi connectivity index (χ0) is 32.2. The zero-order valence-electron chi connectivity index (χ0n) is 26.2. The van der Waals surface area contributed by atoms with Crippen LogP contribution in [-0.2, 0) is 43.4 Å². The number of pyridine rings is 1. The van der Waals surface area contributed by atoms with E-state index in [2.05, 4.69) is 42.2 Å². The molecule has 1 spiro atoms. The van der Waals surface area contributed by atoms with E-state index >= 15 is 0 Å². The summed E-state index contributed by atoms with van der Waals surface area (Å²) >= 11 is 0. The third-order valence-corrected chi connectivity index (χ3v) is 8.13. The molecule has 2 aromatic heterocycles. The second kappa shape index (κ2) is 16.2. The van der Waals surface area contributed by atoms with Crippen molar-refractivity contribution in [2.45, 2.75) is 50.4 Å². The number of ether oxygens (including phenoxy) is 3. The summed E-state index contributed by atoms with van der Waals surface area (Å²) < 4.78 is 18.1. The molecule has 14 heteroatoms. The van der Waals surface area contributed by atoms with Crippen LogP contribution in [0.2, 0.25) is 0 Å². The first kappa shape index (κ1) is 33.0. The molecule has 3 aromatic rings. The SMILES string of the molecule is COc1cccc(CN2CCC3(CC2)CC(=O)NC(Cc2cn(Cc4cccnc4)nn2)C(=O)NCCOCCOCC(=O)N3)c1. The second-order valence-corrected chi connectivity index (χ2v) is 11.7. The molecular formula is C32H42N8O6. The lowest BCUT2D eigenvalue weighted by Crippen LogP contribution is -2.59. The summed E-state index contributed by atoms with van der Waals surface area (Å²) in [6.45, 7) is 3.45. The summed E-state index contributed by atoms with van der Waals surface area (Å²) in [4.78, 5) is 46.3. The third-order valence-electron chi connectivity index (χ3n) is 8.13. The molecule has 2 fully saturated rings. The van der Waals surface area contributed by atoms with Crippen LogP contribution in [0, 0.1) is 0 Å². The van der Waals surface area contributed by atoms with Gasteiger partial charge in [-0.1, -0.05) is 23.4 Å². The topological polar surface area (TPSA) is 162 Å². The number of nitrogens with one attached hydrogen (secondary N) is 3. The predicted octanol–water partition coefficient (Wildman–Crippen LogP) is 0.461. The van der Waals surface area contributed by atoms with Gasteiger partial charge in [-0.05, 0) is 42.2 Å². The van der Waals surface area contributed by atoms with Crippen molar-refractivity contribution in [2.24, 2.45) is 0 Å². The molecule has 0 bridgehead atoms. The summed E-state index contributed by atoms with van der Waals surface area (Å²) in [6.07, 6.45) is 6.49. The van der Waals surface area contributed by atoms with Gasteiger partial charge >= 0.3 is 0 Å². The molecule has 1 unspecified atom stereocenters. The van der Waals surface area contributed by atoms with Crippen molar-refractivity contribution >= 4 is 17.7 Å². The van der Waals surface area contributed by atoms with Crippen LogP contribution < -0.4 is 20.7 Å². The Bertz CT molecular complexity index is 1440. The van der Waals surface area contributed by atoms with Crippen LogP contribution in [0.1, 0.15) is 36.1 Å². The maximum atomic E-state index is 13.6. The molecule has 0 radical (unpaired) electrons. The molecule has 1 atom stereocenters. The van der Waals surface area contributed by atoms with Crippen molar-refractivity contribution in [3.63, 3.8) is 0 Å². The lowest BCUT2D eigenvalue weighted by Gasteiger charge is -2.42. The highest BCUT2D eigenvalue weighted by Gasteiger charge is 2.39. The normalized spacial score (nSPS) is 20.5. The van der Waals surface area contributed by atoms with Crippen LogP contribution in [0.5, 0.6) is 5.75 Å². The van der Waals surface area contributed by atoms with Crippen molar-refractivity contribution < 1.29 is 28.6 Å². The molecule has 14 nitrogen and oxygen atoms in total. The number of carbonyl (C=O) groups excluding carboxylic acids is 3. The van der Waals surface area contributed by atoms with Crippen molar-refractivity contribution in [3.05, 3.63) is 71.8 Å². The Morgan fingerprint density at radius 2 is 1.83 bits per heavy atom. The van der Waals surface area contributed by atoms with Gasteiger partial charge in [-0.2, -0.15) is 0 Å². The fourth-order valence-electron chi connectivity index (χ4n) is 5.76. The standard InChI is InChI=1S/C32H42N8O6/c1-44-27-6-2-4-24(16-27)20-39-11-7-32(8-12-39)18-29(41)35-28(31(43)34-10-13-45-14-15-46-23-30(42)36-32)17-26-22-40(38-37-26)21-25-5-3-9-33-19-25/h2-6,9,16,19,22,28H,7-8,10-15,17-18,20-21,23H2,1H3,(H,34,43)(H,35,41)(H,36,42). The molecule has 2 aliphatic rings. The van der Waals surface area contributed by atoms with Crippen molar-refractivity contribution in [1.82, 2.24) is 40.8 Å². The molecule has 246 valence electrons. The first-order chi connectivity index (χ1) is 22.4. The van der Waals surface area contributed by atoms with E-state index < -0.39 is 11.6 Å². The average molecular weight is 635 g/mol. The van der Waals surface area contributed by atoms with E-state index in [0.29, 0.717) is 38.2 Å². The summed E-state index contributed by atoms with van der Waals surface area (Å²) in [5, 5.41) is 17.3. The first-order valence-corrected chi connectivity index (χ1v) is 15.6. The van der Waals surface area contributed by atoms with Crippen LogP contribution in [0.15, 0.2) is 55.0 Å². The minimum atomic E-state index is -0.895. The van der Waals surface area contributed by atoms with E-state index in [1.807, 2.05) is 30.3 Å². The maximum absolute atomic E-state index is 13.6. The van der Waals surface area contributed by atoms with E-state index in [4.69, 9.17) is 14.2 Å². The lowest BCUT2D eigenvalue weighted by atomic mass is 9.83. The first-order valence-electron chi connectivity index (χ1n) is 15.6. The average Bonchev–Trinajstić information content (AvgIpc) is 3.49. The summed E-state index contributed by atoms with van der Waals surface area (Å²) in [5.74, 6) is -0.185. The third kappa shape index (κ3) is 9.80. The Balaban J connectivity index is 1.27. The number of likely N-dealkylation sites (tertiary alicyclic amines) is 1. The number of carbonyl (C=O) groups is 3. The summed E-state index contributed by atoms with van der Waals surface area (Å²) in [6, 6.07) is 10.8. The number of aromatic nitrogens is 4. The van der Waals surface area contributed by atoms with Gasteiger partial charge in [0.2, 0.25) is 17.7 Å². The molecular weight excluding hydrogens is 592 g/mol. The van der Waals surface area contributed by atoms with Gasteiger partial charge in [-0.15, -0.1) is 5.10 Å². The number of rotatable bonds is 7. The van der Waals surface area contributed by atoms with Gasteiger partial charge in [0.1, 0.15) is 18.4 Å². The van der Waals surface area contributed by atoms with Crippen LogP contribution in [0.3, 0.4) is 0 Å². The van der Waals surface area contributed by atoms with E-state index in [1.165, 1.54) is 0 Å². The van der Waals surface area contributed by atoms with Gasteiger partial charge in [-0.3, -0.25) is 24.3 Å². The minimum Gasteiger partial charge on any atom is -0.497 e. The monoisotopic (exact) mass is 634 g/mol. The van der Waals surface area contributed by atoms with Gasteiger partial charge < -0.3 is 30.2 Å². The van der Waals surface area contributed by atoms with Gasteiger partial charge in [0.05, 0.1) is 44.7 Å². The highest BCUT2D eigenvalue weighted by atomic mass is 16.5. The molecule has 3 N–H and O–H groups in total. The number of amides is 3. The summed E-state index contributed by atoms with van der Waals surface area (Å²) in [5.41, 5.74) is 1.84. The molecule has 0 saturated carbocycles. The summed E-state index contributed by atoms with van der Waals surface area (Å²) in [7, 11) is 1.65. The highest BCUT2D eigenvalue weighted by Crippen LogP contribution is 2.28. The molecule has 46 heavy (non-hydrogen) atoms. The van der Waals surface area contributed by atoms with Crippen LogP contribution >= 0.6 is 0 Å². The van der Waals surface area contributed by atoms with Crippen molar-refractivity contribution in [2.75, 3.05) is 53.2 Å². The zero-order valence-corrected chi connectivity index (χ0v) is 26.2. The predicted molar refractivity (Wildman–Crippen MR) is 167 cm³/mol. The smallest absolute Gasteiger partial charge is 0.246 e. The molecule has 2 saturated heterocycles. The number of methoxy groups -OCH3 is 1. The highest BCUT2D eigenvalue weighted by molar-refractivity contribution is 5.88. The quantitative estimate of drug-likeness (QED) is 0.333. The Morgan fingerprint density at radius 3 is 2.63 bits per heavy atom. The van der Waals surface area contributed by atoms with E-state index in [1.54, 1.807) is 30.4 Å². The number of hydrogen-bond donors (Lipinski definition) is 3. The van der Waals surface area contributed by atoms with Crippen LogP contribution in [0.4, 0.5) is 0 Å². The number of nitrogens with zero attached hydrogens (tertiary/aromatic N) is 5. The largest absolute Gasteiger partial charge is 0.497 e. The van der Waals surface area contributed by atoms with Crippen molar-refractivity contribution in [3.8, 4) is 5.75 Å². The Morgan fingerprint density at radius 1 is 1.00 bits per heavy atom. The molecule has 3 amide bonds. The fraction of sp³-hybridized carbons (Fsp3) is 0.500. The molecule has 4 heterocycles. The maximum Gasteiger partial charge on any atom is 0.246 e. The number of piperidine rings is 1. The minimum absolute atomic E-state index is 0.0202. The van der Waals surface area contributed by atoms with Crippen molar-refractivity contribution in [1.29, 1.82) is 0 Å². The lowest BCUT2D eigenvalue weighted by molar-refractivity contribution is -0.133. The van der Waals surface area contributed by atoms with E-state index in [-0.39, 0.29) is 63.5 Å². The van der Waals surface area contributed by atoms with Crippen LogP contribution in [-0.4, -0.2) is 107 Å². The molecule has 2 aliphatic heterocycles. The second-order valence-electron chi connectivity index (χ2n) is 11.7. The molecule has 0 aliphatic carbocycles. The Labute approximate surface area is 268 Å². The van der Waals surface area contributed by atoms with Gasteiger partial charge in [0.15, 0.2) is 0 Å². The van der Waals surface area contributed by atoms with Gasteiger partial charge in [-0.25, -0.2) is 4.68 Å². The Kier molecular flexibility index (Phi) is 11.6. The van der Waals surface area contributed by atoms with Gasteiger partial charge in [0.25, 0.3) is 0 Å².